The Morgan fingerprint density at radius 1 is 1.00 bits per heavy atom. The van der Waals surface area contributed by atoms with Gasteiger partial charge in [-0.3, -0.25) is 28.9 Å². The van der Waals surface area contributed by atoms with Gasteiger partial charge >= 0.3 is 0 Å². The summed E-state index contributed by atoms with van der Waals surface area (Å²) >= 11 is 0. The van der Waals surface area contributed by atoms with Gasteiger partial charge in [-0.15, -0.1) is 0 Å². The summed E-state index contributed by atoms with van der Waals surface area (Å²) in [6, 6.07) is 11.8. The lowest BCUT2D eigenvalue weighted by molar-refractivity contribution is -0.144. The zero-order chi connectivity index (χ0) is 22.2. The van der Waals surface area contributed by atoms with Gasteiger partial charge in [0, 0.05) is 51.5 Å². The maximum Gasteiger partial charge on any atom is 0.272 e. The van der Waals surface area contributed by atoms with E-state index in [4.69, 9.17) is 0 Å². The number of imide groups is 1. The maximum atomic E-state index is 13.2. The van der Waals surface area contributed by atoms with Gasteiger partial charge in [0.1, 0.15) is 5.69 Å². The highest BCUT2D eigenvalue weighted by atomic mass is 16.2. The fourth-order valence-electron chi connectivity index (χ4n) is 5.44. The first-order valence-corrected chi connectivity index (χ1v) is 11.5. The number of carbonyl (C=O) groups is 3. The molecular formula is C24H29N5O3. The molecule has 2 aromatic rings. The normalized spacial score (nSPS) is 24.4. The van der Waals surface area contributed by atoms with Crippen LogP contribution in [0.2, 0.25) is 0 Å². The number of likely N-dealkylation sites (tertiary alicyclic amines) is 3. The Morgan fingerprint density at radius 3 is 2.28 bits per heavy atom. The van der Waals surface area contributed by atoms with Gasteiger partial charge in [0.05, 0.1) is 11.8 Å². The van der Waals surface area contributed by atoms with E-state index >= 15 is 0 Å². The number of benzene rings is 1. The molecule has 0 spiro atoms. The largest absolute Gasteiger partial charge is 0.337 e. The molecule has 8 nitrogen and oxygen atoms in total. The fraction of sp³-hybridized carbons (Fsp3) is 0.500. The summed E-state index contributed by atoms with van der Waals surface area (Å²) in [7, 11) is 0. The molecule has 3 aliphatic heterocycles. The highest BCUT2D eigenvalue weighted by Crippen LogP contribution is 2.37. The van der Waals surface area contributed by atoms with Gasteiger partial charge in [-0.25, -0.2) is 0 Å². The SMILES string of the molecule is CCn1nccc1C(=O)N1CCC(N2C(=O)[C@H]3CN(Cc4ccccc4)C[C@H]3C2=O)CC1. The first-order valence-electron chi connectivity index (χ1n) is 11.5. The van der Waals surface area contributed by atoms with Crippen LogP contribution in [0.3, 0.4) is 0 Å². The molecule has 0 bridgehead atoms. The number of aryl methyl sites for hydroxylation is 1. The van der Waals surface area contributed by atoms with Gasteiger partial charge in [-0.2, -0.15) is 5.10 Å². The van der Waals surface area contributed by atoms with Crippen LogP contribution in [0.5, 0.6) is 0 Å². The first-order chi connectivity index (χ1) is 15.6. The van der Waals surface area contributed by atoms with Crippen LogP contribution in [0.4, 0.5) is 0 Å². The molecule has 168 valence electrons. The van der Waals surface area contributed by atoms with Gasteiger partial charge in [-0.1, -0.05) is 30.3 Å². The molecule has 32 heavy (non-hydrogen) atoms. The molecule has 3 amide bonds. The minimum absolute atomic E-state index is 0.0237. The molecule has 4 heterocycles. The van der Waals surface area contributed by atoms with E-state index in [1.807, 2.05) is 30.0 Å². The van der Waals surface area contributed by atoms with Crippen molar-refractivity contribution in [2.45, 2.75) is 38.9 Å². The lowest BCUT2D eigenvalue weighted by Crippen LogP contribution is -2.50. The molecule has 8 heteroatoms. The lowest BCUT2D eigenvalue weighted by atomic mass is 10.00. The van der Waals surface area contributed by atoms with Crippen LogP contribution in [0.15, 0.2) is 42.6 Å². The summed E-state index contributed by atoms with van der Waals surface area (Å²) in [4.78, 5) is 44.8. The molecule has 1 aromatic carbocycles. The average molecular weight is 436 g/mol. The molecular weight excluding hydrogens is 406 g/mol. The monoisotopic (exact) mass is 435 g/mol. The highest BCUT2D eigenvalue weighted by molar-refractivity contribution is 6.06. The van der Waals surface area contributed by atoms with Gasteiger partial charge < -0.3 is 4.90 Å². The third kappa shape index (κ3) is 3.62. The number of aromatic nitrogens is 2. The molecule has 3 aliphatic rings. The van der Waals surface area contributed by atoms with Crippen LogP contribution < -0.4 is 0 Å². The molecule has 3 fully saturated rings. The van der Waals surface area contributed by atoms with E-state index in [1.54, 1.807) is 16.9 Å². The summed E-state index contributed by atoms with van der Waals surface area (Å²) in [6.45, 7) is 5.74. The molecule has 3 saturated heterocycles. The van der Waals surface area contributed by atoms with E-state index in [-0.39, 0.29) is 35.6 Å². The molecule has 5 rings (SSSR count). The van der Waals surface area contributed by atoms with E-state index in [2.05, 4.69) is 22.1 Å². The summed E-state index contributed by atoms with van der Waals surface area (Å²) in [5, 5.41) is 4.18. The van der Waals surface area contributed by atoms with Gasteiger partial charge in [-0.05, 0) is 31.4 Å². The van der Waals surface area contributed by atoms with E-state index in [0.717, 1.165) is 6.54 Å². The average Bonchev–Trinajstić information content (AvgIpc) is 3.51. The number of hydrogen-bond acceptors (Lipinski definition) is 5. The predicted molar refractivity (Wildman–Crippen MR) is 117 cm³/mol. The van der Waals surface area contributed by atoms with Crippen molar-refractivity contribution < 1.29 is 14.4 Å². The Kier molecular flexibility index (Phi) is 5.55. The van der Waals surface area contributed by atoms with Gasteiger partial charge in [0.15, 0.2) is 0 Å². The lowest BCUT2D eigenvalue weighted by Gasteiger charge is -2.36. The van der Waals surface area contributed by atoms with Gasteiger partial charge in [0.2, 0.25) is 11.8 Å². The molecule has 2 atom stereocenters. The number of nitrogens with zero attached hydrogens (tertiary/aromatic N) is 5. The Balaban J connectivity index is 1.19. The van der Waals surface area contributed by atoms with Crippen LogP contribution >= 0.6 is 0 Å². The standard InChI is InChI=1S/C24H29N5O3/c1-2-28-21(8-11-25-28)24(32)27-12-9-18(10-13-27)29-22(30)19-15-26(16-20(19)23(29)31)14-17-6-4-3-5-7-17/h3-8,11,18-20H,2,9-10,12-16H2,1H3/t19-,20+. The van der Waals surface area contributed by atoms with Crippen LogP contribution in [0.1, 0.15) is 35.8 Å². The fourth-order valence-corrected chi connectivity index (χ4v) is 5.44. The topological polar surface area (TPSA) is 78.8 Å². The summed E-state index contributed by atoms with van der Waals surface area (Å²) in [6.07, 6.45) is 2.91. The van der Waals surface area contributed by atoms with Gasteiger partial charge in [0.25, 0.3) is 5.91 Å². The van der Waals surface area contributed by atoms with E-state index in [0.29, 0.717) is 51.3 Å². The van der Waals surface area contributed by atoms with Crippen molar-refractivity contribution >= 4 is 17.7 Å². The van der Waals surface area contributed by atoms with Crippen molar-refractivity contribution in [2.75, 3.05) is 26.2 Å². The molecule has 0 aliphatic carbocycles. The Morgan fingerprint density at radius 2 is 1.66 bits per heavy atom. The quantitative estimate of drug-likeness (QED) is 0.667. The van der Waals surface area contributed by atoms with Crippen molar-refractivity contribution in [2.24, 2.45) is 11.8 Å². The Bertz CT molecular complexity index is 988. The number of piperidine rings is 1. The molecule has 0 saturated carbocycles. The number of rotatable bonds is 5. The van der Waals surface area contributed by atoms with Crippen molar-refractivity contribution in [1.82, 2.24) is 24.5 Å². The number of fused-ring (bicyclic) bond motifs is 1. The minimum atomic E-state index is -0.232. The predicted octanol–water partition coefficient (Wildman–Crippen LogP) is 1.62. The second-order valence-electron chi connectivity index (χ2n) is 8.99. The Labute approximate surface area is 187 Å². The van der Waals surface area contributed by atoms with Crippen LogP contribution in [-0.2, 0) is 22.7 Å². The van der Waals surface area contributed by atoms with Crippen LogP contribution in [-0.4, -0.2) is 74.4 Å². The highest BCUT2D eigenvalue weighted by Gasteiger charge is 2.54. The number of amides is 3. The second-order valence-corrected chi connectivity index (χ2v) is 8.99. The Hall–Kier alpha value is -3.00. The molecule has 0 radical (unpaired) electrons. The second kappa shape index (κ2) is 8.50. The van der Waals surface area contributed by atoms with Crippen molar-refractivity contribution in [3.05, 3.63) is 53.9 Å². The molecule has 0 N–H and O–H groups in total. The van der Waals surface area contributed by atoms with Crippen LogP contribution in [0, 0.1) is 11.8 Å². The van der Waals surface area contributed by atoms with E-state index in [9.17, 15) is 14.4 Å². The van der Waals surface area contributed by atoms with E-state index in [1.165, 1.54) is 10.5 Å². The smallest absolute Gasteiger partial charge is 0.272 e. The maximum absolute atomic E-state index is 13.2. The zero-order valence-corrected chi connectivity index (χ0v) is 18.4. The summed E-state index contributed by atoms with van der Waals surface area (Å²) in [5.41, 5.74) is 1.79. The summed E-state index contributed by atoms with van der Waals surface area (Å²) in [5.74, 6) is -0.543. The minimum Gasteiger partial charge on any atom is -0.337 e. The van der Waals surface area contributed by atoms with Crippen molar-refractivity contribution in [3.63, 3.8) is 0 Å². The van der Waals surface area contributed by atoms with E-state index < -0.39 is 0 Å². The third-order valence-electron chi connectivity index (χ3n) is 7.11. The van der Waals surface area contributed by atoms with Crippen molar-refractivity contribution in [1.29, 1.82) is 0 Å². The summed E-state index contributed by atoms with van der Waals surface area (Å²) < 4.78 is 1.70. The van der Waals surface area contributed by atoms with Crippen LogP contribution in [0.25, 0.3) is 0 Å². The first kappa shape index (κ1) is 20.9. The zero-order valence-electron chi connectivity index (χ0n) is 18.4. The number of carbonyl (C=O) groups excluding carboxylic acids is 3. The number of hydrogen-bond donors (Lipinski definition) is 0. The van der Waals surface area contributed by atoms with Crippen molar-refractivity contribution in [3.8, 4) is 0 Å². The third-order valence-corrected chi connectivity index (χ3v) is 7.11. The molecule has 0 unspecified atom stereocenters. The molecule has 1 aromatic heterocycles.